The number of aromatic nitrogens is 4. The number of thiophene rings is 1. The van der Waals surface area contributed by atoms with Gasteiger partial charge in [0.15, 0.2) is 0 Å². The van der Waals surface area contributed by atoms with E-state index in [4.69, 9.17) is 4.74 Å². The van der Waals surface area contributed by atoms with Gasteiger partial charge < -0.3 is 4.74 Å². The van der Waals surface area contributed by atoms with Crippen molar-refractivity contribution < 1.29 is 4.74 Å². The Balaban J connectivity index is 1.82. The molecule has 0 aliphatic carbocycles. The summed E-state index contributed by atoms with van der Waals surface area (Å²) in [7, 11) is 1.60. The van der Waals surface area contributed by atoms with Crippen molar-refractivity contribution in [3.63, 3.8) is 0 Å². The summed E-state index contributed by atoms with van der Waals surface area (Å²) in [6.07, 6.45) is 3.22. The summed E-state index contributed by atoms with van der Waals surface area (Å²) in [5, 5.41) is 0.782. The second-order valence-corrected chi connectivity index (χ2v) is 7.28. The largest absolute Gasteiger partial charge is 0.496 e. The van der Waals surface area contributed by atoms with Gasteiger partial charge in [0.25, 0.3) is 5.56 Å². The Morgan fingerprint density at radius 3 is 2.96 bits per heavy atom. The van der Waals surface area contributed by atoms with Crippen LogP contribution in [0.15, 0.2) is 47.1 Å². The Morgan fingerprint density at radius 2 is 2.08 bits per heavy atom. The van der Waals surface area contributed by atoms with E-state index in [0.717, 1.165) is 26.1 Å². The van der Waals surface area contributed by atoms with Crippen molar-refractivity contribution in [2.45, 2.75) is 0 Å². The molecule has 6 nitrogen and oxygen atoms in total. The first-order valence-corrected chi connectivity index (χ1v) is 9.12. The Labute approximate surface area is 149 Å². The van der Waals surface area contributed by atoms with Crippen LogP contribution in [-0.2, 0) is 0 Å². The van der Waals surface area contributed by atoms with Gasteiger partial charge in [-0.25, -0.2) is 15.0 Å². The van der Waals surface area contributed by atoms with Crippen molar-refractivity contribution in [3.8, 4) is 11.4 Å². The highest BCUT2D eigenvalue weighted by Gasteiger charge is 2.16. The monoisotopic (exact) mass is 366 g/mol. The molecule has 0 saturated carbocycles. The predicted octanol–water partition coefficient (Wildman–Crippen LogP) is 3.61. The van der Waals surface area contributed by atoms with E-state index in [0.29, 0.717) is 16.0 Å². The summed E-state index contributed by atoms with van der Waals surface area (Å²) in [6, 6.07) is 7.54. The zero-order valence-electron chi connectivity index (χ0n) is 13.0. The molecule has 0 spiro atoms. The van der Waals surface area contributed by atoms with E-state index < -0.39 is 0 Å². The molecule has 0 aliphatic rings. The minimum Gasteiger partial charge on any atom is -0.496 e. The van der Waals surface area contributed by atoms with Gasteiger partial charge in [-0.3, -0.25) is 9.36 Å². The van der Waals surface area contributed by atoms with Crippen LogP contribution in [0.25, 0.3) is 36.3 Å². The molecular formula is C17H10N4O2S2. The lowest BCUT2D eigenvalue weighted by Crippen LogP contribution is -2.17. The minimum absolute atomic E-state index is 0.121. The van der Waals surface area contributed by atoms with E-state index >= 15 is 0 Å². The average molecular weight is 366 g/mol. The van der Waals surface area contributed by atoms with Crippen LogP contribution < -0.4 is 10.3 Å². The number of ether oxygens (including phenoxy) is 1. The highest BCUT2D eigenvalue weighted by molar-refractivity contribution is 7.25. The van der Waals surface area contributed by atoms with Crippen molar-refractivity contribution in [2.24, 2.45) is 0 Å². The highest BCUT2D eigenvalue weighted by atomic mass is 32.1. The van der Waals surface area contributed by atoms with Gasteiger partial charge in [0.05, 0.1) is 33.9 Å². The Morgan fingerprint density at radius 1 is 1.16 bits per heavy atom. The molecule has 5 rings (SSSR count). The second-order valence-electron chi connectivity index (χ2n) is 5.40. The fourth-order valence-electron chi connectivity index (χ4n) is 2.88. The molecule has 0 N–H and O–H groups in total. The standard InChI is InChI=1S/C17H10N4O2S2/c1-23-11-4-5-18-16-13(11)14-15(25-16)17(22)21(7-19-14)9-2-3-12-10(6-9)20-8-24-12/h2-8H,1H3. The highest BCUT2D eigenvalue weighted by Crippen LogP contribution is 2.35. The van der Waals surface area contributed by atoms with Gasteiger partial charge in [0.1, 0.15) is 27.1 Å². The van der Waals surface area contributed by atoms with Crippen LogP contribution in [-0.4, -0.2) is 26.6 Å². The maximum Gasteiger partial charge on any atom is 0.275 e. The molecular weight excluding hydrogens is 356 g/mol. The summed E-state index contributed by atoms with van der Waals surface area (Å²) >= 11 is 2.90. The van der Waals surface area contributed by atoms with Crippen molar-refractivity contribution in [1.82, 2.24) is 19.5 Å². The lowest BCUT2D eigenvalue weighted by atomic mass is 10.2. The number of fused-ring (bicyclic) bond motifs is 4. The zero-order chi connectivity index (χ0) is 17.0. The van der Waals surface area contributed by atoms with Crippen LogP contribution in [0.4, 0.5) is 0 Å². The van der Waals surface area contributed by atoms with Crippen molar-refractivity contribution in [1.29, 1.82) is 0 Å². The quantitative estimate of drug-likeness (QED) is 0.477. The van der Waals surface area contributed by atoms with Gasteiger partial charge in [-0.15, -0.1) is 22.7 Å². The molecule has 122 valence electrons. The average Bonchev–Trinajstić information content (AvgIpc) is 3.25. The SMILES string of the molecule is COc1ccnc2sc3c(=O)n(-c4ccc5scnc5c4)cnc3c12. The molecule has 0 bridgehead atoms. The van der Waals surface area contributed by atoms with Gasteiger partial charge in [-0.2, -0.15) is 0 Å². The van der Waals surface area contributed by atoms with E-state index in [1.54, 1.807) is 47.1 Å². The molecule has 0 saturated heterocycles. The van der Waals surface area contributed by atoms with E-state index in [1.165, 1.54) is 11.3 Å². The number of rotatable bonds is 2. The molecule has 0 amide bonds. The number of pyridine rings is 1. The van der Waals surface area contributed by atoms with Crippen LogP contribution in [0.1, 0.15) is 0 Å². The maximum absolute atomic E-state index is 13.0. The van der Waals surface area contributed by atoms with E-state index in [-0.39, 0.29) is 5.56 Å². The smallest absolute Gasteiger partial charge is 0.275 e. The topological polar surface area (TPSA) is 69.9 Å². The van der Waals surface area contributed by atoms with Gasteiger partial charge in [0.2, 0.25) is 0 Å². The molecule has 0 aliphatic heterocycles. The molecule has 4 heterocycles. The second kappa shape index (κ2) is 5.33. The molecule has 0 fully saturated rings. The van der Waals surface area contributed by atoms with Crippen molar-refractivity contribution in [3.05, 3.63) is 52.7 Å². The first kappa shape index (κ1) is 14.5. The van der Waals surface area contributed by atoms with Crippen LogP contribution >= 0.6 is 22.7 Å². The zero-order valence-corrected chi connectivity index (χ0v) is 14.6. The van der Waals surface area contributed by atoms with Crippen LogP contribution in [0.5, 0.6) is 5.75 Å². The van der Waals surface area contributed by atoms with E-state index in [9.17, 15) is 4.79 Å². The number of thiazole rings is 1. The lowest BCUT2D eigenvalue weighted by Gasteiger charge is -2.05. The first-order valence-electron chi connectivity index (χ1n) is 7.43. The van der Waals surface area contributed by atoms with Crippen molar-refractivity contribution in [2.75, 3.05) is 7.11 Å². The van der Waals surface area contributed by atoms with Gasteiger partial charge in [-0.1, -0.05) is 0 Å². The Bertz CT molecular complexity index is 1320. The van der Waals surface area contributed by atoms with Gasteiger partial charge >= 0.3 is 0 Å². The van der Waals surface area contributed by atoms with Crippen LogP contribution in [0, 0.1) is 0 Å². The molecule has 0 atom stereocenters. The number of hydrogen-bond donors (Lipinski definition) is 0. The van der Waals surface area contributed by atoms with E-state index in [2.05, 4.69) is 15.0 Å². The van der Waals surface area contributed by atoms with Crippen molar-refractivity contribution >= 4 is 53.3 Å². The first-order chi connectivity index (χ1) is 12.3. The number of nitrogens with zero attached hydrogens (tertiary/aromatic N) is 4. The third-order valence-electron chi connectivity index (χ3n) is 4.06. The summed E-state index contributed by atoms with van der Waals surface area (Å²) in [5.74, 6) is 0.671. The minimum atomic E-state index is -0.121. The maximum atomic E-state index is 13.0. The number of methoxy groups -OCH3 is 1. The third kappa shape index (κ3) is 2.08. The molecule has 0 radical (unpaired) electrons. The normalized spacial score (nSPS) is 11.6. The predicted molar refractivity (Wildman–Crippen MR) is 100 cm³/mol. The summed E-state index contributed by atoms with van der Waals surface area (Å²) in [4.78, 5) is 26.9. The Kier molecular flexibility index (Phi) is 3.09. The van der Waals surface area contributed by atoms with E-state index in [1.807, 2.05) is 18.2 Å². The molecule has 1 aromatic carbocycles. The number of benzene rings is 1. The van der Waals surface area contributed by atoms with Crippen LogP contribution in [0.2, 0.25) is 0 Å². The molecule has 0 unspecified atom stereocenters. The van der Waals surface area contributed by atoms with Gasteiger partial charge in [-0.05, 0) is 24.3 Å². The fourth-order valence-corrected chi connectivity index (χ4v) is 4.58. The third-order valence-corrected chi connectivity index (χ3v) is 5.94. The summed E-state index contributed by atoms with van der Waals surface area (Å²) in [5.41, 5.74) is 3.91. The molecule has 25 heavy (non-hydrogen) atoms. The summed E-state index contributed by atoms with van der Waals surface area (Å²) < 4.78 is 8.59. The summed E-state index contributed by atoms with van der Waals surface area (Å²) in [6.45, 7) is 0. The number of hydrogen-bond acceptors (Lipinski definition) is 7. The lowest BCUT2D eigenvalue weighted by molar-refractivity contribution is 0.420. The molecule has 4 aromatic heterocycles. The Hall–Kier alpha value is -2.84. The fraction of sp³-hybridized carbons (Fsp3) is 0.0588. The molecule has 8 heteroatoms. The van der Waals surface area contributed by atoms with Crippen LogP contribution in [0.3, 0.4) is 0 Å². The van der Waals surface area contributed by atoms with Gasteiger partial charge in [0, 0.05) is 6.20 Å². The molecule has 5 aromatic rings.